The van der Waals surface area contributed by atoms with Gasteiger partial charge in [0.05, 0.1) is 12.0 Å². The quantitative estimate of drug-likeness (QED) is 0.369. The second-order valence-electron chi connectivity index (χ2n) is 5.37. The van der Waals surface area contributed by atoms with Crippen LogP contribution >= 0.6 is 0 Å². The van der Waals surface area contributed by atoms with Crippen LogP contribution in [0.4, 0.5) is 5.69 Å². The van der Waals surface area contributed by atoms with E-state index < -0.39 is 10.9 Å². The molecule has 7 nitrogen and oxygen atoms in total. The van der Waals surface area contributed by atoms with E-state index in [2.05, 4.69) is 4.99 Å². The van der Waals surface area contributed by atoms with Gasteiger partial charge in [-0.25, -0.2) is 9.79 Å². The van der Waals surface area contributed by atoms with Crippen LogP contribution in [-0.4, -0.2) is 23.9 Å². The molecule has 1 aliphatic rings. The maximum Gasteiger partial charge on any atom is 0.363 e. The minimum atomic E-state index is -0.603. The Labute approximate surface area is 143 Å². The fraction of sp³-hybridized carbons (Fsp3) is 0.111. The number of nitro benzene ring substituents is 1. The third-order valence-corrected chi connectivity index (χ3v) is 3.69. The number of ether oxygens (including phenoxy) is 2. The Morgan fingerprint density at radius 2 is 1.92 bits per heavy atom. The summed E-state index contributed by atoms with van der Waals surface area (Å²) in [4.78, 5) is 26.7. The number of aryl methyl sites for hydroxylation is 1. The number of esters is 1. The topological polar surface area (TPSA) is 91.0 Å². The van der Waals surface area contributed by atoms with E-state index in [1.54, 1.807) is 56.5 Å². The highest BCUT2D eigenvalue weighted by Crippen LogP contribution is 2.24. The van der Waals surface area contributed by atoms with Crippen molar-refractivity contribution in [3.8, 4) is 5.75 Å². The molecule has 2 aromatic rings. The molecule has 1 heterocycles. The highest BCUT2D eigenvalue weighted by atomic mass is 16.6. The molecule has 126 valence electrons. The van der Waals surface area contributed by atoms with E-state index in [-0.39, 0.29) is 17.3 Å². The van der Waals surface area contributed by atoms with Crippen molar-refractivity contribution in [2.24, 2.45) is 4.99 Å². The van der Waals surface area contributed by atoms with E-state index in [9.17, 15) is 14.9 Å². The van der Waals surface area contributed by atoms with Gasteiger partial charge in [0.15, 0.2) is 5.70 Å². The van der Waals surface area contributed by atoms with E-state index in [0.29, 0.717) is 16.9 Å². The Balaban J connectivity index is 1.93. The van der Waals surface area contributed by atoms with Gasteiger partial charge in [0, 0.05) is 17.2 Å². The molecule has 0 radical (unpaired) electrons. The number of carbonyl (C=O) groups excluding carboxylic acids is 1. The molecule has 0 bridgehead atoms. The molecule has 0 N–H and O–H groups in total. The first-order chi connectivity index (χ1) is 12.0. The summed E-state index contributed by atoms with van der Waals surface area (Å²) in [6.45, 7) is 1.64. The predicted octanol–water partition coefficient (Wildman–Crippen LogP) is 3.26. The molecule has 0 spiro atoms. The van der Waals surface area contributed by atoms with Gasteiger partial charge in [-0.2, -0.15) is 0 Å². The lowest BCUT2D eigenvalue weighted by molar-refractivity contribution is -0.385. The zero-order valence-corrected chi connectivity index (χ0v) is 13.6. The smallest absolute Gasteiger partial charge is 0.363 e. The lowest BCUT2D eigenvalue weighted by atomic mass is 10.1. The number of carbonyl (C=O) groups is 1. The van der Waals surface area contributed by atoms with Gasteiger partial charge in [-0.1, -0.05) is 18.2 Å². The van der Waals surface area contributed by atoms with Crippen molar-refractivity contribution >= 4 is 23.6 Å². The zero-order valence-electron chi connectivity index (χ0n) is 13.6. The molecule has 0 atom stereocenters. The summed E-state index contributed by atoms with van der Waals surface area (Å²) in [6.07, 6.45) is 1.58. The second-order valence-corrected chi connectivity index (χ2v) is 5.37. The molecule has 25 heavy (non-hydrogen) atoms. The summed E-state index contributed by atoms with van der Waals surface area (Å²) in [5, 5.41) is 11.0. The Kier molecular flexibility index (Phi) is 4.30. The Bertz CT molecular complexity index is 914. The summed E-state index contributed by atoms with van der Waals surface area (Å²) >= 11 is 0. The highest BCUT2D eigenvalue weighted by molar-refractivity contribution is 6.13. The third kappa shape index (κ3) is 3.40. The molecule has 0 unspecified atom stereocenters. The molecule has 1 aliphatic heterocycles. The van der Waals surface area contributed by atoms with Crippen molar-refractivity contribution in [1.82, 2.24) is 0 Å². The molecule has 0 saturated heterocycles. The molecular weight excluding hydrogens is 324 g/mol. The first kappa shape index (κ1) is 16.4. The largest absolute Gasteiger partial charge is 0.497 e. The lowest BCUT2D eigenvalue weighted by Crippen LogP contribution is -2.06. The average Bonchev–Trinajstić information content (AvgIpc) is 2.96. The molecule has 0 aliphatic carbocycles. The van der Waals surface area contributed by atoms with E-state index in [0.717, 1.165) is 5.56 Å². The normalized spacial score (nSPS) is 15.0. The molecule has 7 heteroatoms. The van der Waals surface area contributed by atoms with Gasteiger partial charge >= 0.3 is 5.97 Å². The van der Waals surface area contributed by atoms with E-state index >= 15 is 0 Å². The van der Waals surface area contributed by atoms with Crippen molar-refractivity contribution in [2.75, 3.05) is 7.11 Å². The zero-order chi connectivity index (χ0) is 18.0. The van der Waals surface area contributed by atoms with Crippen LogP contribution in [0.3, 0.4) is 0 Å². The van der Waals surface area contributed by atoms with E-state index in [1.807, 2.05) is 0 Å². The monoisotopic (exact) mass is 338 g/mol. The number of aliphatic imine (C=N–C) groups is 1. The third-order valence-electron chi connectivity index (χ3n) is 3.69. The minimum Gasteiger partial charge on any atom is -0.497 e. The first-order valence-corrected chi connectivity index (χ1v) is 7.40. The number of hydrogen-bond donors (Lipinski definition) is 0. The van der Waals surface area contributed by atoms with Gasteiger partial charge in [-0.05, 0) is 36.8 Å². The molecule has 0 fully saturated rings. The van der Waals surface area contributed by atoms with Crippen LogP contribution < -0.4 is 4.74 Å². The predicted molar refractivity (Wildman–Crippen MR) is 91.4 cm³/mol. The Morgan fingerprint density at radius 1 is 1.20 bits per heavy atom. The van der Waals surface area contributed by atoms with Gasteiger partial charge in [-0.15, -0.1) is 0 Å². The molecule has 0 saturated carbocycles. The summed E-state index contributed by atoms with van der Waals surface area (Å²) in [5.41, 5.74) is 1.73. The lowest BCUT2D eigenvalue weighted by Gasteiger charge is -2.01. The molecule has 0 aromatic heterocycles. The van der Waals surface area contributed by atoms with Crippen LogP contribution in [0.1, 0.15) is 16.7 Å². The summed E-state index contributed by atoms with van der Waals surface area (Å²) in [6, 6.07) is 11.7. The maximum atomic E-state index is 12.0. The van der Waals surface area contributed by atoms with Crippen LogP contribution in [0.5, 0.6) is 5.75 Å². The standard InChI is InChI=1S/C18H14N2O5/c1-11-3-6-13(10-16(11)20(22)23)17-19-15(18(21)25-17)9-12-4-7-14(24-2)8-5-12/h3-10H,1-2H3/b15-9+. The summed E-state index contributed by atoms with van der Waals surface area (Å²) in [7, 11) is 1.57. The number of benzene rings is 2. The number of nitrogens with zero attached hydrogens (tertiary/aromatic N) is 2. The Morgan fingerprint density at radius 3 is 2.56 bits per heavy atom. The van der Waals surface area contributed by atoms with Gasteiger partial charge in [0.25, 0.3) is 5.69 Å². The van der Waals surface area contributed by atoms with Crippen LogP contribution in [0, 0.1) is 17.0 Å². The highest BCUT2D eigenvalue weighted by Gasteiger charge is 2.25. The van der Waals surface area contributed by atoms with Crippen LogP contribution in [0.25, 0.3) is 6.08 Å². The van der Waals surface area contributed by atoms with Crippen molar-refractivity contribution in [3.05, 3.63) is 75.0 Å². The maximum absolute atomic E-state index is 12.0. The van der Waals surface area contributed by atoms with Crippen LogP contribution in [0.2, 0.25) is 0 Å². The van der Waals surface area contributed by atoms with Gasteiger partial charge in [0.1, 0.15) is 5.75 Å². The second kappa shape index (κ2) is 6.56. The number of nitro groups is 1. The summed E-state index contributed by atoms with van der Waals surface area (Å²) < 4.78 is 10.2. The molecular formula is C18H14N2O5. The SMILES string of the molecule is COc1ccc(/C=C2/N=C(c3ccc(C)c([N+](=O)[O-])c3)OC2=O)cc1. The number of methoxy groups -OCH3 is 1. The molecule has 3 rings (SSSR count). The average molecular weight is 338 g/mol. The van der Waals surface area contributed by atoms with Gasteiger partial charge in [-0.3, -0.25) is 10.1 Å². The Hall–Kier alpha value is -3.48. The van der Waals surface area contributed by atoms with E-state index in [1.165, 1.54) is 6.07 Å². The van der Waals surface area contributed by atoms with Gasteiger partial charge in [0.2, 0.25) is 5.90 Å². The molecule has 0 amide bonds. The van der Waals surface area contributed by atoms with Crippen molar-refractivity contribution < 1.29 is 19.2 Å². The summed E-state index contributed by atoms with van der Waals surface area (Å²) in [5.74, 6) is 0.147. The first-order valence-electron chi connectivity index (χ1n) is 7.40. The van der Waals surface area contributed by atoms with E-state index in [4.69, 9.17) is 9.47 Å². The van der Waals surface area contributed by atoms with Crippen molar-refractivity contribution in [2.45, 2.75) is 6.92 Å². The minimum absolute atomic E-state index is 0.0489. The number of hydrogen-bond acceptors (Lipinski definition) is 6. The fourth-order valence-corrected chi connectivity index (χ4v) is 2.33. The van der Waals surface area contributed by atoms with Crippen molar-refractivity contribution in [1.29, 1.82) is 0 Å². The van der Waals surface area contributed by atoms with Crippen LogP contribution in [0.15, 0.2) is 53.2 Å². The van der Waals surface area contributed by atoms with Crippen LogP contribution in [-0.2, 0) is 9.53 Å². The fourth-order valence-electron chi connectivity index (χ4n) is 2.33. The van der Waals surface area contributed by atoms with Gasteiger partial charge < -0.3 is 9.47 Å². The number of cyclic esters (lactones) is 1. The number of rotatable bonds is 4. The van der Waals surface area contributed by atoms with Crippen molar-refractivity contribution in [3.63, 3.8) is 0 Å². The molecule has 2 aromatic carbocycles.